The molecule has 0 aromatic rings. The molecule has 1 spiro atoms. The molecule has 1 saturated carbocycles. The van der Waals surface area contributed by atoms with Gasteiger partial charge >= 0.3 is 0 Å². The minimum absolute atomic E-state index is 0.0304. The number of hydrogen-bond donors (Lipinski definition) is 0. The molecule has 0 amide bonds. The van der Waals surface area contributed by atoms with Gasteiger partial charge in [0.05, 0.1) is 24.4 Å². The molecule has 3 nitrogen and oxygen atoms in total. The molecule has 2 heterocycles. The normalized spacial score (nSPS) is 45.3. The highest BCUT2D eigenvalue weighted by molar-refractivity contribution is 5.20. The van der Waals surface area contributed by atoms with E-state index < -0.39 is 0 Å². The van der Waals surface area contributed by atoms with Crippen LogP contribution in [-0.4, -0.2) is 37.1 Å². The van der Waals surface area contributed by atoms with Gasteiger partial charge < -0.3 is 14.2 Å². The molecule has 0 radical (unpaired) electrons. The quantitative estimate of drug-likeness (QED) is 0.538. The lowest BCUT2D eigenvalue weighted by molar-refractivity contribution is -0.0866. The van der Waals surface area contributed by atoms with Crippen molar-refractivity contribution in [2.75, 3.05) is 13.7 Å². The van der Waals surface area contributed by atoms with E-state index in [1.807, 2.05) is 7.11 Å². The van der Waals surface area contributed by atoms with Gasteiger partial charge in [-0.2, -0.15) is 0 Å². The molecule has 4 unspecified atom stereocenters. The molecular weight excluding hydrogens is 288 g/mol. The lowest BCUT2D eigenvalue weighted by Crippen LogP contribution is -2.52. The van der Waals surface area contributed by atoms with Crippen LogP contribution in [0.5, 0.6) is 0 Å². The van der Waals surface area contributed by atoms with E-state index in [9.17, 15) is 0 Å². The third-order valence-electron chi connectivity index (χ3n) is 6.20. The summed E-state index contributed by atoms with van der Waals surface area (Å²) in [6.07, 6.45) is 7.52. The van der Waals surface area contributed by atoms with Crippen molar-refractivity contribution in [1.82, 2.24) is 0 Å². The summed E-state index contributed by atoms with van der Waals surface area (Å²) in [7, 11) is 1.88. The van der Waals surface area contributed by atoms with Crippen molar-refractivity contribution in [3.63, 3.8) is 0 Å². The number of epoxide rings is 2. The highest BCUT2D eigenvalue weighted by Gasteiger charge is 2.71. The van der Waals surface area contributed by atoms with Gasteiger partial charge in [-0.05, 0) is 58.3 Å². The number of rotatable bonds is 6. The topological polar surface area (TPSA) is 34.3 Å². The Balaban J connectivity index is 1.78. The van der Waals surface area contributed by atoms with Gasteiger partial charge in [0.2, 0.25) is 0 Å². The second-order valence-electron chi connectivity index (χ2n) is 8.77. The summed E-state index contributed by atoms with van der Waals surface area (Å²) in [5.74, 6) is 1.71. The first-order valence-electron chi connectivity index (χ1n) is 9.30. The molecule has 0 N–H and O–H groups in total. The molecule has 0 bridgehead atoms. The van der Waals surface area contributed by atoms with E-state index in [1.54, 1.807) is 0 Å². The molecule has 1 aliphatic carbocycles. The Morgan fingerprint density at radius 3 is 2.57 bits per heavy atom. The van der Waals surface area contributed by atoms with E-state index in [0.29, 0.717) is 23.9 Å². The van der Waals surface area contributed by atoms with Crippen LogP contribution in [0, 0.1) is 17.8 Å². The van der Waals surface area contributed by atoms with Gasteiger partial charge in [0, 0.05) is 13.0 Å². The first-order valence-corrected chi connectivity index (χ1v) is 9.30. The molecule has 6 atom stereocenters. The molecule has 3 rings (SSSR count). The number of allylic oxidation sites excluding steroid dienone is 1. The summed E-state index contributed by atoms with van der Waals surface area (Å²) in [5, 5.41) is 0. The van der Waals surface area contributed by atoms with Gasteiger partial charge in [-0.1, -0.05) is 25.5 Å². The van der Waals surface area contributed by atoms with Crippen LogP contribution < -0.4 is 0 Å². The fourth-order valence-electron chi connectivity index (χ4n) is 4.94. The molecule has 2 saturated heterocycles. The molecule has 2 aliphatic heterocycles. The predicted molar refractivity (Wildman–Crippen MR) is 92.5 cm³/mol. The highest BCUT2D eigenvalue weighted by Crippen LogP contribution is 2.60. The van der Waals surface area contributed by atoms with Gasteiger partial charge in [-0.3, -0.25) is 0 Å². The minimum atomic E-state index is -0.0845. The van der Waals surface area contributed by atoms with Crippen LogP contribution in [0.3, 0.4) is 0 Å². The van der Waals surface area contributed by atoms with Gasteiger partial charge in [0.25, 0.3) is 0 Å². The maximum absolute atomic E-state index is 6.25. The average molecular weight is 322 g/mol. The van der Waals surface area contributed by atoms with Crippen molar-refractivity contribution in [2.24, 2.45) is 17.8 Å². The van der Waals surface area contributed by atoms with E-state index in [2.05, 4.69) is 40.7 Å². The monoisotopic (exact) mass is 322 g/mol. The van der Waals surface area contributed by atoms with Crippen molar-refractivity contribution in [2.45, 2.75) is 83.7 Å². The summed E-state index contributed by atoms with van der Waals surface area (Å²) in [6, 6.07) is 0. The van der Waals surface area contributed by atoms with Gasteiger partial charge in [-0.25, -0.2) is 0 Å². The van der Waals surface area contributed by atoms with E-state index >= 15 is 0 Å². The van der Waals surface area contributed by atoms with Crippen LogP contribution in [0.2, 0.25) is 0 Å². The smallest absolute Gasteiger partial charge is 0.100 e. The maximum Gasteiger partial charge on any atom is 0.100 e. The van der Waals surface area contributed by atoms with Gasteiger partial charge in [0.1, 0.15) is 5.60 Å². The van der Waals surface area contributed by atoms with Crippen molar-refractivity contribution in [3.8, 4) is 0 Å². The minimum Gasteiger partial charge on any atom is -0.381 e. The lowest BCUT2D eigenvalue weighted by Gasteiger charge is -2.44. The molecule has 3 fully saturated rings. The molecular formula is C20H34O3. The average Bonchev–Trinajstić information content (AvgIpc) is 3.37. The first-order chi connectivity index (χ1) is 10.8. The molecule has 0 aromatic heterocycles. The Morgan fingerprint density at radius 2 is 2.04 bits per heavy atom. The zero-order valence-corrected chi connectivity index (χ0v) is 15.7. The summed E-state index contributed by atoms with van der Waals surface area (Å²) in [4.78, 5) is 0. The first kappa shape index (κ1) is 17.4. The number of hydrogen-bond acceptors (Lipinski definition) is 3. The van der Waals surface area contributed by atoms with E-state index in [4.69, 9.17) is 14.2 Å². The lowest BCUT2D eigenvalue weighted by atomic mass is 9.64. The standard InChI is InChI=1S/C20H34O3/c1-13(2)7-8-16-19(5,23-16)18-17(21-6)15(11-14(3)4)9-10-20(18)12-22-20/h7,14-18H,8-12H2,1-6H3/t15?,16-,17?,18?,19?,20+/m1/s1. The fraction of sp³-hybridized carbons (Fsp3) is 0.900. The Bertz CT molecular complexity index is 462. The Kier molecular flexibility index (Phi) is 4.67. The van der Waals surface area contributed by atoms with Crippen LogP contribution in [-0.2, 0) is 14.2 Å². The Morgan fingerprint density at radius 1 is 1.35 bits per heavy atom. The molecule has 3 aliphatic rings. The van der Waals surface area contributed by atoms with E-state index in [1.165, 1.54) is 24.8 Å². The number of ether oxygens (including phenoxy) is 3. The van der Waals surface area contributed by atoms with Crippen LogP contribution in [0.1, 0.15) is 60.3 Å². The third-order valence-corrected chi connectivity index (χ3v) is 6.20. The zero-order valence-electron chi connectivity index (χ0n) is 15.7. The largest absolute Gasteiger partial charge is 0.381 e. The summed E-state index contributed by atoms with van der Waals surface area (Å²) >= 11 is 0. The van der Waals surface area contributed by atoms with Crippen LogP contribution in [0.25, 0.3) is 0 Å². The fourth-order valence-corrected chi connectivity index (χ4v) is 4.94. The molecule has 3 heteroatoms. The second kappa shape index (κ2) is 6.16. The van der Waals surface area contributed by atoms with Crippen molar-refractivity contribution >= 4 is 0 Å². The van der Waals surface area contributed by atoms with Crippen molar-refractivity contribution in [1.29, 1.82) is 0 Å². The van der Waals surface area contributed by atoms with Gasteiger partial charge in [-0.15, -0.1) is 0 Å². The molecule has 23 heavy (non-hydrogen) atoms. The van der Waals surface area contributed by atoms with Crippen LogP contribution in [0.4, 0.5) is 0 Å². The SMILES string of the molecule is COC1C(CC(C)C)CC[C@]2(CO2)C1C1(C)O[C@@H]1CC=C(C)C. The third kappa shape index (κ3) is 3.25. The number of methoxy groups -OCH3 is 1. The van der Waals surface area contributed by atoms with Crippen LogP contribution >= 0.6 is 0 Å². The maximum atomic E-state index is 6.25. The summed E-state index contributed by atoms with van der Waals surface area (Å²) < 4.78 is 18.3. The van der Waals surface area contributed by atoms with Crippen molar-refractivity contribution < 1.29 is 14.2 Å². The molecule has 132 valence electrons. The van der Waals surface area contributed by atoms with E-state index in [0.717, 1.165) is 13.0 Å². The summed E-state index contributed by atoms with van der Waals surface area (Å²) in [5.41, 5.74) is 1.31. The zero-order chi connectivity index (χ0) is 16.8. The predicted octanol–water partition coefficient (Wildman–Crippen LogP) is 4.36. The Hall–Kier alpha value is -0.380. The van der Waals surface area contributed by atoms with Crippen LogP contribution in [0.15, 0.2) is 11.6 Å². The highest BCUT2D eigenvalue weighted by atomic mass is 16.6. The summed E-state index contributed by atoms with van der Waals surface area (Å²) in [6.45, 7) is 12.1. The molecule has 0 aromatic carbocycles. The Labute approximate surface area is 141 Å². The van der Waals surface area contributed by atoms with Crippen molar-refractivity contribution in [3.05, 3.63) is 11.6 Å². The van der Waals surface area contributed by atoms with E-state index in [-0.39, 0.29) is 17.3 Å². The second-order valence-corrected chi connectivity index (χ2v) is 8.77. The van der Waals surface area contributed by atoms with Gasteiger partial charge in [0.15, 0.2) is 0 Å².